The summed E-state index contributed by atoms with van der Waals surface area (Å²) in [6, 6.07) is 7.79. The molecule has 3 aromatic rings. The van der Waals surface area contributed by atoms with Gasteiger partial charge in [0, 0.05) is 30.3 Å². The Kier molecular flexibility index (Phi) is 7.27. The van der Waals surface area contributed by atoms with Crippen LogP contribution >= 0.6 is 11.6 Å². The highest BCUT2D eigenvalue weighted by molar-refractivity contribution is 7.84. The smallest absolute Gasteiger partial charge is 0.333 e. The van der Waals surface area contributed by atoms with Gasteiger partial charge in [-0.25, -0.2) is 9.53 Å². The van der Waals surface area contributed by atoms with Crippen LogP contribution in [0.4, 0.5) is 10.1 Å². The lowest BCUT2D eigenvalue weighted by Crippen LogP contribution is -2.21. The molecule has 1 aromatic carbocycles. The van der Waals surface area contributed by atoms with Crippen molar-refractivity contribution in [2.75, 3.05) is 11.9 Å². The van der Waals surface area contributed by atoms with Crippen molar-refractivity contribution in [2.24, 2.45) is 11.1 Å². The molecule has 180 valence electrons. The van der Waals surface area contributed by atoms with E-state index < -0.39 is 16.1 Å². The molecule has 3 N–H and O–H groups in total. The number of nitrogens with two attached hydrogens (primary N) is 1. The number of hydrogen-bond donors (Lipinski definition) is 2. The van der Waals surface area contributed by atoms with Crippen molar-refractivity contribution in [1.29, 1.82) is 0 Å². The highest BCUT2D eigenvalue weighted by Gasteiger charge is 2.27. The van der Waals surface area contributed by atoms with Gasteiger partial charge in [0.1, 0.15) is 11.5 Å². The zero-order valence-corrected chi connectivity index (χ0v) is 19.6. The second kappa shape index (κ2) is 10.2. The van der Waals surface area contributed by atoms with E-state index in [9.17, 15) is 17.6 Å². The first-order chi connectivity index (χ1) is 16.2. The van der Waals surface area contributed by atoms with Gasteiger partial charge in [-0.1, -0.05) is 17.7 Å². The fourth-order valence-corrected chi connectivity index (χ4v) is 4.59. The average Bonchev–Trinajstić information content (AvgIpc) is 3.44. The minimum atomic E-state index is -3.96. The second-order valence-corrected chi connectivity index (χ2v) is 9.82. The van der Waals surface area contributed by atoms with Crippen LogP contribution in [-0.2, 0) is 21.0 Å². The summed E-state index contributed by atoms with van der Waals surface area (Å²) in [6.45, 7) is 0.366. The zero-order valence-electron chi connectivity index (χ0n) is 18.0. The quantitative estimate of drug-likeness (QED) is 0.425. The summed E-state index contributed by atoms with van der Waals surface area (Å²) in [7, 11) is -3.96. The van der Waals surface area contributed by atoms with Crippen LogP contribution in [0.2, 0.25) is 5.02 Å². The van der Waals surface area contributed by atoms with Crippen LogP contribution < -0.4 is 10.5 Å². The van der Waals surface area contributed by atoms with E-state index in [4.69, 9.17) is 20.9 Å². The van der Waals surface area contributed by atoms with Gasteiger partial charge < -0.3 is 5.32 Å². The number of aromatic nitrogens is 3. The third-order valence-corrected chi connectivity index (χ3v) is 6.39. The molecule has 12 heteroatoms. The maximum atomic E-state index is 13.4. The molecule has 0 spiro atoms. The maximum absolute atomic E-state index is 13.4. The van der Waals surface area contributed by atoms with Gasteiger partial charge in [0.25, 0.3) is 0 Å². The Balaban J connectivity index is 1.42. The monoisotopic (exact) mass is 507 g/mol. The average molecular weight is 508 g/mol. The lowest BCUT2D eigenvalue weighted by molar-refractivity contribution is 0.103. The summed E-state index contributed by atoms with van der Waals surface area (Å²) in [5.41, 5.74) is 1.99. The summed E-state index contributed by atoms with van der Waals surface area (Å²) < 4.78 is 41.7. The number of carbonyl (C=O) groups is 1. The first-order valence-corrected chi connectivity index (χ1v) is 12.4. The van der Waals surface area contributed by atoms with E-state index in [-0.39, 0.29) is 35.1 Å². The molecule has 1 aliphatic carbocycles. The van der Waals surface area contributed by atoms with E-state index in [1.54, 1.807) is 35.3 Å². The normalized spacial score (nSPS) is 18.2. The van der Waals surface area contributed by atoms with E-state index in [0.29, 0.717) is 24.2 Å². The van der Waals surface area contributed by atoms with Crippen molar-refractivity contribution in [3.63, 3.8) is 0 Å². The van der Waals surface area contributed by atoms with Crippen LogP contribution in [0.1, 0.15) is 40.9 Å². The SMILES string of the molecule is NS(=O)(=O)OC[C@@H]1CC[C@H](Nc2ccncc2C(=O)c2ccn(Cc3ccc(F)c(Cl)c3)n2)C1. The van der Waals surface area contributed by atoms with Gasteiger partial charge in [-0.2, -0.15) is 13.5 Å². The highest BCUT2D eigenvalue weighted by atomic mass is 35.5. The molecule has 4 rings (SSSR count). The minimum Gasteiger partial charge on any atom is -0.382 e. The molecule has 1 fully saturated rings. The molecule has 1 aliphatic rings. The van der Waals surface area contributed by atoms with Gasteiger partial charge in [0.05, 0.1) is 23.7 Å². The van der Waals surface area contributed by atoms with Gasteiger partial charge in [-0.05, 0) is 55.0 Å². The predicted octanol–water partition coefficient (Wildman–Crippen LogP) is 3.15. The third kappa shape index (κ3) is 6.17. The number of nitrogens with zero attached hydrogens (tertiary/aromatic N) is 3. The number of hydrogen-bond acceptors (Lipinski definition) is 7. The molecule has 0 unspecified atom stereocenters. The Hall–Kier alpha value is -2.86. The van der Waals surface area contributed by atoms with Crippen LogP contribution in [-0.4, -0.2) is 41.6 Å². The second-order valence-electron chi connectivity index (χ2n) is 8.20. The van der Waals surface area contributed by atoms with Crippen LogP contribution in [0.3, 0.4) is 0 Å². The van der Waals surface area contributed by atoms with Gasteiger partial charge in [-0.3, -0.25) is 18.6 Å². The number of carbonyl (C=O) groups excluding carboxylic acids is 1. The lowest BCUT2D eigenvalue weighted by Gasteiger charge is -2.16. The standard InChI is InChI=1S/C22H23ClFN5O4S/c23-18-10-14(2-4-19(18)24)12-29-8-6-21(28-29)22(30)17-11-26-7-5-20(17)27-16-3-1-15(9-16)13-33-34(25,31)32/h2,4-8,10-11,15-16H,1,3,9,12-13H2,(H,26,27)(H2,25,31,32)/t15-,16+/m1/s1. The van der Waals surface area contributed by atoms with E-state index in [0.717, 1.165) is 18.4 Å². The fourth-order valence-electron chi connectivity index (χ4n) is 4.00. The van der Waals surface area contributed by atoms with Gasteiger partial charge in [0.2, 0.25) is 5.78 Å². The number of ketones is 1. The summed E-state index contributed by atoms with van der Waals surface area (Å²) >= 11 is 5.84. The van der Waals surface area contributed by atoms with Crippen LogP contribution in [0.5, 0.6) is 0 Å². The molecule has 0 bridgehead atoms. The zero-order chi connectivity index (χ0) is 24.3. The van der Waals surface area contributed by atoms with Crippen molar-refractivity contribution >= 4 is 33.4 Å². The minimum absolute atomic E-state index is 0.0254. The molecule has 2 atom stereocenters. The largest absolute Gasteiger partial charge is 0.382 e. The van der Waals surface area contributed by atoms with E-state index in [1.807, 2.05) is 0 Å². The first kappa shape index (κ1) is 24.3. The predicted molar refractivity (Wildman–Crippen MR) is 124 cm³/mol. The molecule has 0 aliphatic heterocycles. The Morgan fingerprint density at radius 3 is 2.88 bits per heavy atom. The topological polar surface area (TPSA) is 129 Å². The Bertz CT molecular complexity index is 1300. The number of rotatable bonds is 9. The molecule has 0 radical (unpaired) electrons. The van der Waals surface area contributed by atoms with Crippen molar-refractivity contribution in [1.82, 2.24) is 14.8 Å². The highest BCUT2D eigenvalue weighted by Crippen LogP contribution is 2.30. The number of pyridine rings is 1. The number of benzene rings is 1. The molecular weight excluding hydrogens is 485 g/mol. The molecule has 0 saturated heterocycles. The number of anilines is 1. The van der Waals surface area contributed by atoms with Gasteiger partial charge >= 0.3 is 10.3 Å². The lowest BCUT2D eigenvalue weighted by atomic mass is 10.1. The molecule has 2 heterocycles. The van der Waals surface area contributed by atoms with Crippen molar-refractivity contribution < 1.29 is 21.8 Å². The molecule has 1 saturated carbocycles. The van der Waals surface area contributed by atoms with E-state index in [2.05, 4.69) is 15.4 Å². The van der Waals surface area contributed by atoms with Crippen LogP contribution in [0.15, 0.2) is 48.9 Å². The van der Waals surface area contributed by atoms with E-state index in [1.165, 1.54) is 18.3 Å². The van der Waals surface area contributed by atoms with Crippen molar-refractivity contribution in [3.8, 4) is 0 Å². The third-order valence-electron chi connectivity index (χ3n) is 5.64. The van der Waals surface area contributed by atoms with E-state index >= 15 is 0 Å². The summed E-state index contributed by atoms with van der Waals surface area (Å²) in [4.78, 5) is 17.2. The van der Waals surface area contributed by atoms with Crippen LogP contribution in [0.25, 0.3) is 0 Å². The molecule has 9 nitrogen and oxygen atoms in total. The van der Waals surface area contributed by atoms with Gasteiger partial charge in [-0.15, -0.1) is 0 Å². The number of halogens is 2. The maximum Gasteiger partial charge on any atom is 0.333 e. The summed E-state index contributed by atoms with van der Waals surface area (Å²) in [5, 5.41) is 12.6. The summed E-state index contributed by atoms with van der Waals surface area (Å²) in [5.74, 6) is -0.741. The Morgan fingerprint density at radius 2 is 2.12 bits per heavy atom. The Labute approximate surface area is 201 Å². The molecule has 2 aromatic heterocycles. The van der Waals surface area contributed by atoms with Crippen LogP contribution in [0, 0.1) is 11.7 Å². The van der Waals surface area contributed by atoms with Crippen molar-refractivity contribution in [3.05, 3.63) is 76.6 Å². The number of nitrogens with one attached hydrogen (secondary N) is 1. The molecule has 34 heavy (non-hydrogen) atoms. The van der Waals surface area contributed by atoms with Crippen molar-refractivity contribution in [2.45, 2.75) is 31.8 Å². The molecule has 0 amide bonds. The molecular formula is C22H23ClFN5O4S. The Morgan fingerprint density at radius 1 is 1.29 bits per heavy atom. The van der Waals surface area contributed by atoms with Gasteiger partial charge in [0.15, 0.2) is 0 Å². The fraction of sp³-hybridized carbons (Fsp3) is 0.318. The first-order valence-electron chi connectivity index (χ1n) is 10.6. The summed E-state index contributed by atoms with van der Waals surface area (Å²) in [6.07, 6.45) is 7.00.